The summed E-state index contributed by atoms with van der Waals surface area (Å²) in [5.41, 5.74) is 4.46. The first-order chi connectivity index (χ1) is 9.58. The van der Waals surface area contributed by atoms with Crippen LogP contribution in [0.2, 0.25) is 0 Å². The van der Waals surface area contributed by atoms with Gasteiger partial charge in [0.1, 0.15) is 5.78 Å². The molecule has 0 heterocycles. The first kappa shape index (κ1) is 14.1. The van der Waals surface area contributed by atoms with Crippen LogP contribution in [0.4, 0.5) is 0 Å². The molecule has 0 saturated heterocycles. The van der Waals surface area contributed by atoms with Crippen molar-refractivity contribution in [1.29, 1.82) is 0 Å². The van der Waals surface area contributed by atoms with Crippen molar-refractivity contribution < 1.29 is 9.53 Å². The first-order valence-electron chi connectivity index (χ1n) is 8.02. The highest BCUT2D eigenvalue weighted by Gasteiger charge is 2.52. The van der Waals surface area contributed by atoms with Crippen molar-refractivity contribution in [3.05, 3.63) is 22.8 Å². The molecule has 0 unspecified atom stereocenters. The summed E-state index contributed by atoms with van der Waals surface area (Å²) in [6.07, 6.45) is 9.89. The summed E-state index contributed by atoms with van der Waals surface area (Å²) >= 11 is 0. The minimum Gasteiger partial charge on any atom is -0.377 e. The third-order valence-corrected chi connectivity index (χ3v) is 5.65. The number of ketones is 1. The average molecular weight is 274 g/mol. The second-order valence-corrected chi connectivity index (χ2v) is 6.99. The summed E-state index contributed by atoms with van der Waals surface area (Å²) < 4.78 is 5.72. The van der Waals surface area contributed by atoms with E-state index in [9.17, 15) is 4.79 Å². The molecule has 0 amide bonds. The second-order valence-electron chi connectivity index (χ2n) is 6.99. The molecule has 0 aromatic carbocycles. The van der Waals surface area contributed by atoms with Crippen molar-refractivity contribution in [1.82, 2.24) is 0 Å². The largest absolute Gasteiger partial charge is 0.377 e. The lowest BCUT2D eigenvalue weighted by atomic mass is 9.68. The van der Waals surface area contributed by atoms with Crippen LogP contribution in [-0.4, -0.2) is 19.0 Å². The maximum absolute atomic E-state index is 12.6. The van der Waals surface area contributed by atoms with Crippen LogP contribution in [0.3, 0.4) is 0 Å². The van der Waals surface area contributed by atoms with E-state index in [2.05, 4.69) is 19.9 Å². The number of methoxy groups -OCH3 is 1. The molecule has 3 aliphatic rings. The van der Waals surface area contributed by atoms with Crippen molar-refractivity contribution >= 4 is 5.78 Å². The molecule has 2 heteroatoms. The molecule has 0 aliphatic heterocycles. The van der Waals surface area contributed by atoms with Gasteiger partial charge in [-0.05, 0) is 57.1 Å². The fourth-order valence-electron chi connectivity index (χ4n) is 4.85. The topological polar surface area (TPSA) is 26.3 Å². The molecule has 0 aromatic rings. The number of rotatable bonds is 2. The molecule has 3 rings (SSSR count). The van der Waals surface area contributed by atoms with Crippen molar-refractivity contribution in [3.63, 3.8) is 0 Å². The third-order valence-electron chi connectivity index (χ3n) is 5.65. The monoisotopic (exact) mass is 274 g/mol. The smallest absolute Gasteiger partial charge is 0.136 e. The normalized spacial score (nSPS) is 36.6. The Morgan fingerprint density at radius 1 is 1.25 bits per heavy atom. The fourth-order valence-corrected chi connectivity index (χ4v) is 4.85. The SMILES string of the molecule is CO[C@H]1CCC(=O)[C@@H]2CCC[C@@]23CCC1=C3C=C(C)C. The van der Waals surface area contributed by atoms with E-state index in [1.807, 2.05) is 0 Å². The lowest BCUT2D eigenvalue weighted by Crippen LogP contribution is -2.33. The van der Waals surface area contributed by atoms with Gasteiger partial charge in [-0.25, -0.2) is 0 Å². The molecule has 20 heavy (non-hydrogen) atoms. The number of ether oxygens (including phenoxy) is 1. The molecule has 0 radical (unpaired) electrons. The standard InChI is InChI=1S/C18H26O2/c1-12(2)11-15-13-8-10-18(15)9-4-5-14(18)16(19)6-7-17(13)20-3/h11,14,17H,4-10H2,1-3H3/t14-,17-,18+/m0/s1. The lowest BCUT2D eigenvalue weighted by molar-refractivity contribution is -0.125. The summed E-state index contributed by atoms with van der Waals surface area (Å²) in [7, 11) is 1.79. The highest BCUT2D eigenvalue weighted by Crippen LogP contribution is 2.60. The zero-order chi connectivity index (χ0) is 14.3. The predicted octanol–water partition coefficient (Wildman–Crippen LogP) is 4.21. The summed E-state index contributed by atoms with van der Waals surface area (Å²) in [6, 6.07) is 0. The Kier molecular flexibility index (Phi) is 3.62. The van der Waals surface area contributed by atoms with Gasteiger partial charge in [-0.3, -0.25) is 4.79 Å². The Hall–Kier alpha value is -0.890. The van der Waals surface area contributed by atoms with Crippen molar-refractivity contribution in [3.8, 4) is 0 Å². The Balaban J connectivity index is 2.15. The van der Waals surface area contributed by atoms with Crippen LogP contribution in [-0.2, 0) is 9.53 Å². The van der Waals surface area contributed by atoms with E-state index in [4.69, 9.17) is 4.74 Å². The zero-order valence-electron chi connectivity index (χ0n) is 13.0. The number of hydrogen-bond acceptors (Lipinski definition) is 2. The summed E-state index contributed by atoms with van der Waals surface area (Å²) in [5.74, 6) is 0.772. The van der Waals surface area contributed by atoms with Crippen molar-refractivity contribution in [2.24, 2.45) is 11.3 Å². The van der Waals surface area contributed by atoms with Gasteiger partial charge in [0, 0.05) is 24.9 Å². The minimum absolute atomic E-state index is 0.154. The predicted molar refractivity (Wildman–Crippen MR) is 80.5 cm³/mol. The molecule has 2 nitrogen and oxygen atoms in total. The fraction of sp³-hybridized carbons (Fsp3) is 0.722. The second kappa shape index (κ2) is 5.14. The highest BCUT2D eigenvalue weighted by atomic mass is 16.5. The van der Waals surface area contributed by atoms with E-state index in [1.54, 1.807) is 7.11 Å². The number of hydrogen-bond donors (Lipinski definition) is 0. The molecular formula is C18H26O2. The van der Waals surface area contributed by atoms with Crippen LogP contribution in [0.5, 0.6) is 0 Å². The molecule has 2 bridgehead atoms. The molecule has 3 aliphatic carbocycles. The summed E-state index contributed by atoms with van der Waals surface area (Å²) in [4.78, 5) is 12.6. The Morgan fingerprint density at radius 3 is 2.75 bits per heavy atom. The Morgan fingerprint density at radius 2 is 2.05 bits per heavy atom. The number of Topliss-reactive ketones (excluding diaryl/α,β-unsaturated/α-hetero) is 1. The quantitative estimate of drug-likeness (QED) is 0.754. The van der Waals surface area contributed by atoms with Gasteiger partial charge < -0.3 is 4.74 Å². The van der Waals surface area contributed by atoms with E-state index in [-0.39, 0.29) is 17.4 Å². The van der Waals surface area contributed by atoms with Gasteiger partial charge in [0.15, 0.2) is 0 Å². The van der Waals surface area contributed by atoms with Gasteiger partial charge in [0.25, 0.3) is 0 Å². The molecular weight excluding hydrogens is 248 g/mol. The molecule has 0 N–H and O–H groups in total. The van der Waals surface area contributed by atoms with Crippen molar-refractivity contribution in [2.75, 3.05) is 7.11 Å². The van der Waals surface area contributed by atoms with E-state index in [0.717, 1.165) is 25.7 Å². The maximum atomic E-state index is 12.6. The summed E-state index contributed by atoms with van der Waals surface area (Å²) in [5, 5.41) is 0. The van der Waals surface area contributed by atoms with Crippen LogP contribution in [0.15, 0.2) is 22.8 Å². The van der Waals surface area contributed by atoms with Gasteiger partial charge in [-0.15, -0.1) is 0 Å². The van der Waals surface area contributed by atoms with Crippen molar-refractivity contribution in [2.45, 2.75) is 64.9 Å². The number of carbonyl (C=O) groups excluding carboxylic acids is 1. The molecule has 3 atom stereocenters. The Bertz CT molecular complexity index is 482. The van der Waals surface area contributed by atoms with Crippen LogP contribution in [0.25, 0.3) is 0 Å². The maximum Gasteiger partial charge on any atom is 0.136 e. The Labute approximate surface area is 122 Å². The number of carbonyl (C=O) groups is 1. The zero-order valence-corrected chi connectivity index (χ0v) is 13.0. The van der Waals surface area contributed by atoms with E-state index < -0.39 is 0 Å². The van der Waals surface area contributed by atoms with Gasteiger partial charge in [0.05, 0.1) is 6.10 Å². The van der Waals surface area contributed by atoms with Gasteiger partial charge >= 0.3 is 0 Å². The van der Waals surface area contributed by atoms with Gasteiger partial charge in [-0.1, -0.05) is 18.1 Å². The van der Waals surface area contributed by atoms with Crippen LogP contribution in [0, 0.1) is 11.3 Å². The van der Waals surface area contributed by atoms with Crippen LogP contribution < -0.4 is 0 Å². The van der Waals surface area contributed by atoms with E-state index >= 15 is 0 Å². The lowest BCUT2D eigenvalue weighted by Gasteiger charge is -2.35. The molecule has 1 spiro atoms. The number of allylic oxidation sites excluding steroid dienone is 3. The first-order valence-corrected chi connectivity index (χ1v) is 8.02. The van der Waals surface area contributed by atoms with E-state index in [0.29, 0.717) is 12.2 Å². The minimum atomic E-state index is 0.154. The van der Waals surface area contributed by atoms with Gasteiger partial charge in [-0.2, -0.15) is 0 Å². The molecule has 0 aromatic heterocycles. The summed E-state index contributed by atoms with van der Waals surface area (Å²) in [6.45, 7) is 4.33. The van der Waals surface area contributed by atoms with Gasteiger partial charge in [0.2, 0.25) is 0 Å². The van der Waals surface area contributed by atoms with E-state index in [1.165, 1.54) is 29.6 Å². The highest BCUT2D eigenvalue weighted by molar-refractivity contribution is 5.83. The average Bonchev–Trinajstić information content (AvgIpc) is 2.97. The molecule has 110 valence electrons. The third kappa shape index (κ3) is 2.00. The van der Waals surface area contributed by atoms with Crippen LogP contribution >= 0.6 is 0 Å². The molecule has 1 fully saturated rings. The molecule has 1 saturated carbocycles. The van der Waals surface area contributed by atoms with Crippen LogP contribution in [0.1, 0.15) is 58.8 Å².